The van der Waals surface area contributed by atoms with Crippen molar-refractivity contribution in [3.05, 3.63) is 119 Å². The van der Waals surface area contributed by atoms with E-state index in [0.717, 1.165) is 11.1 Å². The van der Waals surface area contributed by atoms with Crippen molar-refractivity contribution in [1.29, 1.82) is 0 Å². The Kier molecular flexibility index (Phi) is 9.44. The van der Waals surface area contributed by atoms with Crippen LogP contribution in [0.5, 0.6) is 0 Å². The SMILES string of the molecule is O=S(=O)(O)c1cc(C=Cc2ccccc2)ccc1-c1ccc(C=Cc2ccccc2)cc1S(=O)(=O)O.[NaH]. The zero-order chi connectivity index (χ0) is 25.8. The zero-order valence-corrected chi connectivity index (χ0v) is 20.5. The monoisotopic (exact) mass is 542 g/mol. The van der Waals surface area contributed by atoms with E-state index in [4.69, 9.17) is 0 Å². The van der Waals surface area contributed by atoms with Crippen LogP contribution in [0.4, 0.5) is 0 Å². The minimum absolute atomic E-state index is 0. The van der Waals surface area contributed by atoms with Crippen molar-refractivity contribution >= 4 is 74.1 Å². The van der Waals surface area contributed by atoms with Gasteiger partial charge in [0.25, 0.3) is 20.2 Å². The van der Waals surface area contributed by atoms with Gasteiger partial charge in [-0.1, -0.05) is 109 Å². The molecule has 2 N–H and O–H groups in total. The molecule has 0 aromatic heterocycles. The van der Waals surface area contributed by atoms with E-state index < -0.39 is 30.0 Å². The van der Waals surface area contributed by atoms with Crippen LogP contribution in [0.15, 0.2) is 107 Å². The molecule has 0 radical (unpaired) electrons. The minimum atomic E-state index is -4.73. The van der Waals surface area contributed by atoms with E-state index in [0.29, 0.717) is 11.1 Å². The van der Waals surface area contributed by atoms with Crippen LogP contribution < -0.4 is 0 Å². The van der Waals surface area contributed by atoms with Gasteiger partial charge in [0.15, 0.2) is 0 Å². The fourth-order valence-corrected chi connectivity index (χ4v) is 5.15. The molecule has 0 unspecified atom stereocenters. The Bertz CT molecular complexity index is 1540. The molecule has 0 aliphatic heterocycles. The van der Waals surface area contributed by atoms with Crippen LogP contribution in [-0.4, -0.2) is 55.5 Å². The Morgan fingerprint density at radius 2 is 0.784 bits per heavy atom. The van der Waals surface area contributed by atoms with E-state index in [1.54, 1.807) is 36.4 Å². The van der Waals surface area contributed by atoms with Gasteiger partial charge in [-0.25, -0.2) is 0 Å². The molecule has 0 bridgehead atoms. The molecule has 0 saturated heterocycles. The average Bonchev–Trinajstić information content (AvgIpc) is 2.86. The second-order valence-corrected chi connectivity index (χ2v) is 10.7. The first-order valence-electron chi connectivity index (χ1n) is 10.8. The van der Waals surface area contributed by atoms with Gasteiger partial charge in [-0.3, -0.25) is 9.11 Å². The molecule has 4 aromatic rings. The fraction of sp³-hybridized carbons (Fsp3) is 0. The number of rotatable bonds is 7. The Morgan fingerprint density at radius 1 is 0.459 bits per heavy atom. The summed E-state index contributed by atoms with van der Waals surface area (Å²) in [4.78, 5) is -0.953. The molecule has 0 aliphatic rings. The summed E-state index contributed by atoms with van der Waals surface area (Å²) in [5.41, 5.74) is 2.63. The van der Waals surface area contributed by atoms with Gasteiger partial charge in [0.05, 0.1) is 0 Å². The van der Waals surface area contributed by atoms with Crippen molar-refractivity contribution in [3.63, 3.8) is 0 Å². The second-order valence-electron chi connectivity index (χ2n) is 7.95. The first kappa shape index (κ1) is 28.7. The van der Waals surface area contributed by atoms with E-state index in [1.807, 2.05) is 60.7 Å². The van der Waals surface area contributed by atoms with Crippen LogP contribution in [-0.2, 0) is 20.2 Å². The van der Waals surface area contributed by atoms with Gasteiger partial charge in [0.1, 0.15) is 9.79 Å². The molecular weight excluding hydrogens is 519 g/mol. The molecule has 0 fully saturated rings. The van der Waals surface area contributed by atoms with Crippen LogP contribution in [0.2, 0.25) is 0 Å². The molecule has 0 aliphatic carbocycles. The summed E-state index contributed by atoms with van der Waals surface area (Å²) < 4.78 is 68.8. The number of hydrogen-bond donors (Lipinski definition) is 2. The van der Waals surface area contributed by atoms with Gasteiger partial charge in [0.2, 0.25) is 0 Å². The molecule has 0 saturated carbocycles. The van der Waals surface area contributed by atoms with Crippen molar-refractivity contribution in [1.82, 2.24) is 0 Å². The Balaban J connectivity index is 0.00000380. The first-order chi connectivity index (χ1) is 17.1. The summed E-state index contributed by atoms with van der Waals surface area (Å²) in [6, 6.07) is 27.2. The summed E-state index contributed by atoms with van der Waals surface area (Å²) in [6.45, 7) is 0. The maximum absolute atomic E-state index is 12.2. The van der Waals surface area contributed by atoms with Gasteiger partial charge >= 0.3 is 29.6 Å². The summed E-state index contributed by atoms with van der Waals surface area (Å²) in [5.74, 6) is 0. The molecule has 0 atom stereocenters. The molecule has 0 spiro atoms. The Morgan fingerprint density at radius 3 is 1.11 bits per heavy atom. The van der Waals surface area contributed by atoms with Crippen LogP contribution in [0.3, 0.4) is 0 Å². The van der Waals surface area contributed by atoms with Crippen molar-refractivity contribution in [2.45, 2.75) is 9.79 Å². The molecular formula is C28H23NaO6S2. The van der Waals surface area contributed by atoms with Gasteiger partial charge in [-0.05, 0) is 34.4 Å². The standard InChI is InChI=1S/C28H22O6S2.Na.H/c29-35(30,31)27-19-23(13-11-21-7-3-1-4-8-21)15-17-25(27)26-18-16-24(20-28(26)36(32,33)34)14-12-22-9-5-2-6-10-22;;/h1-20H,(H,29,30,31)(H,32,33,34);;. The Labute approximate surface area is 238 Å². The number of hydrogen-bond acceptors (Lipinski definition) is 4. The molecule has 0 amide bonds. The van der Waals surface area contributed by atoms with Gasteiger partial charge < -0.3 is 0 Å². The molecule has 4 aromatic carbocycles. The predicted molar refractivity (Wildman–Crippen MR) is 149 cm³/mol. The molecule has 37 heavy (non-hydrogen) atoms. The van der Waals surface area contributed by atoms with E-state index in [1.165, 1.54) is 24.3 Å². The maximum atomic E-state index is 12.2. The molecule has 0 heterocycles. The molecule has 184 valence electrons. The van der Waals surface area contributed by atoms with Crippen LogP contribution in [0.1, 0.15) is 22.3 Å². The molecule has 6 nitrogen and oxygen atoms in total. The summed E-state index contributed by atoms with van der Waals surface area (Å²) in [5, 5.41) is 0. The molecule has 4 rings (SSSR count). The van der Waals surface area contributed by atoms with Crippen molar-refractivity contribution in [2.75, 3.05) is 0 Å². The Hall–Kier alpha value is -2.82. The third-order valence-electron chi connectivity index (χ3n) is 5.39. The van der Waals surface area contributed by atoms with E-state index in [2.05, 4.69) is 0 Å². The summed E-state index contributed by atoms with van der Waals surface area (Å²) in [6.07, 6.45) is 6.91. The van der Waals surface area contributed by atoms with Crippen LogP contribution in [0.25, 0.3) is 35.4 Å². The van der Waals surface area contributed by atoms with Gasteiger partial charge in [0, 0.05) is 11.1 Å². The quantitative estimate of drug-likeness (QED) is 0.180. The third-order valence-corrected chi connectivity index (χ3v) is 7.18. The summed E-state index contributed by atoms with van der Waals surface area (Å²) in [7, 11) is -9.46. The number of benzene rings is 4. The van der Waals surface area contributed by atoms with Crippen molar-refractivity contribution in [2.24, 2.45) is 0 Å². The third kappa shape index (κ3) is 7.59. The van der Waals surface area contributed by atoms with Gasteiger partial charge in [-0.15, -0.1) is 0 Å². The second kappa shape index (κ2) is 12.1. The van der Waals surface area contributed by atoms with Crippen molar-refractivity contribution < 1.29 is 25.9 Å². The van der Waals surface area contributed by atoms with E-state index >= 15 is 0 Å². The fourth-order valence-electron chi connectivity index (χ4n) is 3.67. The van der Waals surface area contributed by atoms with E-state index in [-0.39, 0.29) is 40.7 Å². The normalized spacial score (nSPS) is 12.1. The summed E-state index contributed by atoms with van der Waals surface area (Å²) >= 11 is 0. The first-order valence-corrected chi connectivity index (χ1v) is 13.7. The topological polar surface area (TPSA) is 109 Å². The van der Waals surface area contributed by atoms with Crippen LogP contribution in [0, 0.1) is 0 Å². The predicted octanol–water partition coefficient (Wildman–Crippen LogP) is 5.54. The van der Waals surface area contributed by atoms with E-state index in [9.17, 15) is 25.9 Å². The average molecular weight is 543 g/mol. The van der Waals surface area contributed by atoms with Crippen molar-refractivity contribution in [3.8, 4) is 11.1 Å². The van der Waals surface area contributed by atoms with Gasteiger partial charge in [-0.2, -0.15) is 16.8 Å². The van der Waals surface area contributed by atoms with Crippen LogP contribution >= 0.6 is 0 Å². The zero-order valence-electron chi connectivity index (χ0n) is 18.9. The molecule has 9 heteroatoms.